The Labute approximate surface area is 108 Å². The molecule has 0 aliphatic carbocycles. The van der Waals surface area contributed by atoms with Crippen molar-refractivity contribution in [2.75, 3.05) is 0 Å². The maximum Gasteiger partial charge on any atom is 0.124 e. The first kappa shape index (κ1) is 11.9. The summed E-state index contributed by atoms with van der Waals surface area (Å²) in [5.41, 5.74) is 7.53. The standard InChI is InChI=1S/C11H10Cl2N2S/c1-6-10(5-14)16-11(15-6)7-2-8(12)4-9(13)3-7/h2-4H,5,14H2,1H3. The Hall–Kier alpha value is -0.610. The van der Waals surface area contributed by atoms with Crippen LogP contribution in [0.2, 0.25) is 10.0 Å². The van der Waals surface area contributed by atoms with Crippen LogP contribution < -0.4 is 5.73 Å². The van der Waals surface area contributed by atoms with Gasteiger partial charge in [-0.15, -0.1) is 11.3 Å². The predicted molar refractivity (Wildman–Crippen MR) is 70.2 cm³/mol. The topological polar surface area (TPSA) is 38.9 Å². The molecule has 1 heterocycles. The molecule has 1 aromatic carbocycles. The maximum absolute atomic E-state index is 5.95. The van der Waals surface area contributed by atoms with Gasteiger partial charge in [0.25, 0.3) is 0 Å². The SMILES string of the molecule is Cc1nc(-c2cc(Cl)cc(Cl)c2)sc1CN. The molecule has 16 heavy (non-hydrogen) atoms. The molecule has 0 unspecified atom stereocenters. The average Bonchev–Trinajstić information content (AvgIpc) is 2.58. The summed E-state index contributed by atoms with van der Waals surface area (Å²) in [6.45, 7) is 2.46. The first-order chi connectivity index (χ1) is 7.60. The van der Waals surface area contributed by atoms with Crippen molar-refractivity contribution in [1.29, 1.82) is 0 Å². The summed E-state index contributed by atoms with van der Waals surface area (Å²) in [5, 5.41) is 2.14. The van der Waals surface area contributed by atoms with Crippen LogP contribution in [0.5, 0.6) is 0 Å². The van der Waals surface area contributed by atoms with Crippen LogP contribution in [-0.4, -0.2) is 4.98 Å². The highest BCUT2D eigenvalue weighted by Gasteiger charge is 2.09. The second-order valence-electron chi connectivity index (χ2n) is 3.39. The number of thiazole rings is 1. The van der Waals surface area contributed by atoms with E-state index in [9.17, 15) is 0 Å². The van der Waals surface area contributed by atoms with Crippen molar-refractivity contribution < 1.29 is 0 Å². The van der Waals surface area contributed by atoms with Gasteiger partial charge in [0, 0.05) is 27.0 Å². The molecule has 2 rings (SSSR count). The summed E-state index contributed by atoms with van der Waals surface area (Å²) in [6, 6.07) is 5.41. The minimum atomic E-state index is 0.512. The zero-order valence-corrected chi connectivity index (χ0v) is 11.0. The molecule has 0 radical (unpaired) electrons. The van der Waals surface area contributed by atoms with Gasteiger partial charge in [-0.1, -0.05) is 23.2 Å². The van der Waals surface area contributed by atoms with Gasteiger partial charge >= 0.3 is 0 Å². The lowest BCUT2D eigenvalue weighted by atomic mass is 10.2. The smallest absolute Gasteiger partial charge is 0.124 e. The number of nitrogens with zero attached hydrogens (tertiary/aromatic N) is 1. The van der Waals surface area contributed by atoms with Gasteiger partial charge < -0.3 is 5.73 Å². The van der Waals surface area contributed by atoms with Crippen LogP contribution in [0.25, 0.3) is 10.6 Å². The van der Waals surface area contributed by atoms with E-state index < -0.39 is 0 Å². The monoisotopic (exact) mass is 272 g/mol. The van der Waals surface area contributed by atoms with Crippen LogP contribution in [0, 0.1) is 6.92 Å². The van der Waals surface area contributed by atoms with Gasteiger partial charge in [-0.3, -0.25) is 0 Å². The quantitative estimate of drug-likeness (QED) is 0.901. The van der Waals surface area contributed by atoms with Crippen molar-refractivity contribution in [1.82, 2.24) is 4.98 Å². The third kappa shape index (κ3) is 2.38. The Morgan fingerprint density at radius 3 is 2.38 bits per heavy atom. The van der Waals surface area contributed by atoms with Crippen LogP contribution in [-0.2, 0) is 6.54 Å². The Bertz CT molecular complexity index is 502. The maximum atomic E-state index is 5.95. The number of nitrogens with two attached hydrogens (primary N) is 1. The normalized spacial score (nSPS) is 10.8. The van der Waals surface area contributed by atoms with Crippen molar-refractivity contribution in [2.45, 2.75) is 13.5 Å². The Morgan fingerprint density at radius 2 is 1.88 bits per heavy atom. The number of hydrogen-bond acceptors (Lipinski definition) is 3. The van der Waals surface area contributed by atoms with Crippen LogP contribution in [0.4, 0.5) is 0 Å². The number of hydrogen-bond donors (Lipinski definition) is 1. The minimum Gasteiger partial charge on any atom is -0.326 e. The molecule has 0 saturated heterocycles. The fourth-order valence-electron chi connectivity index (χ4n) is 1.42. The number of rotatable bonds is 2. The first-order valence-corrected chi connectivity index (χ1v) is 6.30. The van der Waals surface area contributed by atoms with Crippen molar-refractivity contribution in [3.63, 3.8) is 0 Å². The third-order valence-corrected chi connectivity index (χ3v) is 3.85. The van der Waals surface area contributed by atoms with E-state index in [0.717, 1.165) is 21.1 Å². The lowest BCUT2D eigenvalue weighted by molar-refractivity contribution is 1.06. The van der Waals surface area contributed by atoms with E-state index in [1.165, 1.54) is 0 Å². The van der Waals surface area contributed by atoms with E-state index in [-0.39, 0.29) is 0 Å². The van der Waals surface area contributed by atoms with E-state index >= 15 is 0 Å². The van der Waals surface area contributed by atoms with Crippen molar-refractivity contribution in [3.8, 4) is 10.6 Å². The lowest BCUT2D eigenvalue weighted by Crippen LogP contribution is -1.94. The fourth-order valence-corrected chi connectivity index (χ4v) is 2.87. The summed E-state index contributed by atoms with van der Waals surface area (Å²) >= 11 is 13.5. The van der Waals surface area contributed by atoms with Gasteiger partial charge in [-0.05, 0) is 25.1 Å². The summed E-state index contributed by atoms with van der Waals surface area (Å²) < 4.78 is 0. The van der Waals surface area contributed by atoms with Gasteiger partial charge in [-0.2, -0.15) is 0 Å². The highest BCUT2D eigenvalue weighted by Crippen LogP contribution is 2.31. The Morgan fingerprint density at radius 1 is 1.25 bits per heavy atom. The molecule has 5 heteroatoms. The minimum absolute atomic E-state index is 0.512. The van der Waals surface area contributed by atoms with Gasteiger partial charge in [-0.25, -0.2) is 4.98 Å². The van der Waals surface area contributed by atoms with E-state index in [2.05, 4.69) is 4.98 Å². The van der Waals surface area contributed by atoms with Crippen molar-refractivity contribution >= 4 is 34.5 Å². The molecule has 0 spiro atoms. The third-order valence-electron chi connectivity index (χ3n) is 2.19. The molecule has 2 aromatic rings. The summed E-state index contributed by atoms with van der Waals surface area (Å²) in [5.74, 6) is 0. The molecule has 0 bridgehead atoms. The molecule has 0 amide bonds. The zero-order chi connectivity index (χ0) is 11.7. The molecule has 2 N–H and O–H groups in total. The zero-order valence-electron chi connectivity index (χ0n) is 8.63. The number of halogens is 2. The molecular weight excluding hydrogens is 263 g/mol. The molecule has 0 fully saturated rings. The predicted octanol–water partition coefficient (Wildman–Crippen LogP) is 3.88. The Balaban J connectivity index is 2.49. The second-order valence-corrected chi connectivity index (χ2v) is 5.35. The molecule has 0 atom stereocenters. The lowest BCUT2D eigenvalue weighted by Gasteiger charge is -1.98. The summed E-state index contributed by atoms with van der Waals surface area (Å²) in [6.07, 6.45) is 0. The summed E-state index contributed by atoms with van der Waals surface area (Å²) in [4.78, 5) is 5.54. The van der Waals surface area contributed by atoms with Gasteiger partial charge in [0.2, 0.25) is 0 Å². The van der Waals surface area contributed by atoms with Gasteiger partial charge in [0.05, 0.1) is 5.69 Å². The van der Waals surface area contributed by atoms with Crippen molar-refractivity contribution in [3.05, 3.63) is 38.8 Å². The van der Waals surface area contributed by atoms with Crippen molar-refractivity contribution in [2.24, 2.45) is 5.73 Å². The van der Waals surface area contributed by atoms with E-state index in [1.807, 2.05) is 19.1 Å². The van der Waals surface area contributed by atoms with E-state index in [4.69, 9.17) is 28.9 Å². The highest BCUT2D eigenvalue weighted by molar-refractivity contribution is 7.15. The van der Waals surface area contributed by atoms with Crippen LogP contribution in [0.15, 0.2) is 18.2 Å². The summed E-state index contributed by atoms with van der Waals surface area (Å²) in [7, 11) is 0. The molecule has 84 valence electrons. The van der Waals surface area contributed by atoms with Crippen LogP contribution >= 0.6 is 34.5 Å². The van der Waals surface area contributed by atoms with Gasteiger partial charge in [0.15, 0.2) is 0 Å². The number of aryl methyl sites for hydroxylation is 1. The molecule has 2 nitrogen and oxygen atoms in total. The molecule has 0 saturated carbocycles. The fraction of sp³-hybridized carbons (Fsp3) is 0.182. The molecule has 0 aliphatic rings. The van der Waals surface area contributed by atoms with Crippen LogP contribution in [0.3, 0.4) is 0 Å². The van der Waals surface area contributed by atoms with Crippen LogP contribution in [0.1, 0.15) is 10.6 Å². The van der Waals surface area contributed by atoms with Gasteiger partial charge in [0.1, 0.15) is 5.01 Å². The molecular formula is C11H10Cl2N2S. The molecule has 0 aliphatic heterocycles. The average molecular weight is 273 g/mol. The first-order valence-electron chi connectivity index (χ1n) is 4.73. The molecule has 1 aromatic heterocycles. The largest absolute Gasteiger partial charge is 0.326 e. The number of benzene rings is 1. The second kappa shape index (κ2) is 4.72. The van der Waals surface area contributed by atoms with E-state index in [1.54, 1.807) is 17.4 Å². The highest BCUT2D eigenvalue weighted by atomic mass is 35.5. The van der Waals surface area contributed by atoms with E-state index in [0.29, 0.717) is 16.6 Å². The Kier molecular flexibility index (Phi) is 3.50. The number of aromatic nitrogens is 1.